The third-order valence-corrected chi connectivity index (χ3v) is 2.84. The first-order valence-corrected chi connectivity index (χ1v) is 5.47. The molecule has 74 valence electrons. The summed E-state index contributed by atoms with van der Waals surface area (Å²) >= 11 is 2.19. The van der Waals surface area contributed by atoms with Gasteiger partial charge in [-0.2, -0.15) is 0 Å². The molecule has 0 saturated heterocycles. The molecular formula is C9H11IN4. The lowest BCUT2D eigenvalue weighted by atomic mass is 10.2. The van der Waals surface area contributed by atoms with Crippen molar-refractivity contribution in [3.63, 3.8) is 0 Å². The van der Waals surface area contributed by atoms with Crippen LogP contribution in [0, 0.1) is 3.70 Å². The number of hydrogen-bond acceptors (Lipinski definition) is 3. The molecule has 0 radical (unpaired) electrons. The van der Waals surface area contributed by atoms with Crippen LogP contribution in [0.2, 0.25) is 0 Å². The molecule has 0 aromatic carbocycles. The molecule has 0 aliphatic heterocycles. The van der Waals surface area contributed by atoms with Gasteiger partial charge in [0.2, 0.25) is 0 Å². The Labute approximate surface area is 95.7 Å². The zero-order chi connectivity index (χ0) is 10.3. The standard InChI is InChI=1S/C9H11IN4/c1-5(2)9-13-7(10)6-8(11)12-3-4-14(6)9/h3-5H,1-2H3,(H2,11,12). The molecule has 5 heteroatoms. The molecule has 2 rings (SSSR count). The predicted octanol–water partition coefficient (Wildman–Crippen LogP) is 2.04. The first-order chi connectivity index (χ1) is 6.61. The number of nitrogens with zero attached hydrogens (tertiary/aromatic N) is 3. The predicted molar refractivity (Wildman–Crippen MR) is 64.2 cm³/mol. The molecule has 14 heavy (non-hydrogen) atoms. The largest absolute Gasteiger partial charge is 0.382 e. The van der Waals surface area contributed by atoms with Crippen LogP contribution in [0.15, 0.2) is 12.4 Å². The number of halogens is 1. The number of hydrogen-bond donors (Lipinski definition) is 1. The summed E-state index contributed by atoms with van der Waals surface area (Å²) in [4.78, 5) is 8.53. The smallest absolute Gasteiger partial charge is 0.150 e. The van der Waals surface area contributed by atoms with Crippen molar-refractivity contribution in [1.82, 2.24) is 14.4 Å². The van der Waals surface area contributed by atoms with Crippen LogP contribution in [0.25, 0.3) is 5.52 Å². The maximum Gasteiger partial charge on any atom is 0.150 e. The number of anilines is 1. The van der Waals surface area contributed by atoms with E-state index in [1.807, 2.05) is 10.6 Å². The monoisotopic (exact) mass is 302 g/mol. The zero-order valence-electron chi connectivity index (χ0n) is 8.03. The molecule has 2 heterocycles. The maximum absolute atomic E-state index is 5.79. The van der Waals surface area contributed by atoms with Crippen LogP contribution in [-0.2, 0) is 0 Å². The van der Waals surface area contributed by atoms with E-state index in [0.29, 0.717) is 11.7 Å². The molecular weight excluding hydrogens is 291 g/mol. The summed E-state index contributed by atoms with van der Waals surface area (Å²) in [6, 6.07) is 0. The van der Waals surface area contributed by atoms with Gasteiger partial charge in [-0.15, -0.1) is 0 Å². The van der Waals surface area contributed by atoms with Crippen LogP contribution in [0.3, 0.4) is 0 Å². The number of nitrogen functional groups attached to an aromatic ring is 1. The molecule has 0 unspecified atom stereocenters. The van der Waals surface area contributed by atoms with E-state index in [1.54, 1.807) is 6.20 Å². The van der Waals surface area contributed by atoms with Crippen LogP contribution in [-0.4, -0.2) is 14.4 Å². The van der Waals surface area contributed by atoms with E-state index in [-0.39, 0.29) is 0 Å². The van der Waals surface area contributed by atoms with Crippen LogP contribution in [0.1, 0.15) is 25.6 Å². The van der Waals surface area contributed by atoms with Crippen LogP contribution in [0.5, 0.6) is 0 Å². The fraction of sp³-hybridized carbons (Fsp3) is 0.333. The highest BCUT2D eigenvalue weighted by molar-refractivity contribution is 14.1. The second-order valence-electron chi connectivity index (χ2n) is 3.45. The van der Waals surface area contributed by atoms with Gasteiger partial charge in [-0.05, 0) is 22.6 Å². The average Bonchev–Trinajstić information content (AvgIpc) is 2.45. The molecule has 2 N–H and O–H groups in total. The number of fused-ring (bicyclic) bond motifs is 1. The highest BCUT2D eigenvalue weighted by Crippen LogP contribution is 2.23. The highest BCUT2D eigenvalue weighted by atomic mass is 127. The Morgan fingerprint density at radius 1 is 1.50 bits per heavy atom. The highest BCUT2D eigenvalue weighted by Gasteiger charge is 2.13. The quantitative estimate of drug-likeness (QED) is 0.820. The lowest BCUT2D eigenvalue weighted by Gasteiger charge is -2.03. The first kappa shape index (κ1) is 9.70. The normalized spacial score (nSPS) is 11.4. The van der Waals surface area contributed by atoms with Crippen molar-refractivity contribution in [2.24, 2.45) is 0 Å². The Balaban J connectivity index is 2.84. The second kappa shape index (κ2) is 3.38. The minimum absolute atomic E-state index is 0.382. The topological polar surface area (TPSA) is 56.2 Å². The molecule has 0 fully saturated rings. The van der Waals surface area contributed by atoms with Crippen LogP contribution < -0.4 is 5.73 Å². The molecule has 4 nitrogen and oxygen atoms in total. The minimum Gasteiger partial charge on any atom is -0.382 e. The van der Waals surface area contributed by atoms with E-state index in [0.717, 1.165) is 15.0 Å². The van der Waals surface area contributed by atoms with E-state index in [9.17, 15) is 0 Å². The summed E-state index contributed by atoms with van der Waals surface area (Å²) in [7, 11) is 0. The molecule has 0 saturated carbocycles. The van der Waals surface area contributed by atoms with E-state index in [1.165, 1.54) is 0 Å². The fourth-order valence-corrected chi connectivity index (χ4v) is 2.23. The molecule has 0 aliphatic rings. The fourth-order valence-electron chi connectivity index (χ4n) is 1.45. The van der Waals surface area contributed by atoms with Gasteiger partial charge >= 0.3 is 0 Å². The van der Waals surface area contributed by atoms with Gasteiger partial charge in [-0.25, -0.2) is 9.97 Å². The molecule has 0 amide bonds. The van der Waals surface area contributed by atoms with Gasteiger partial charge in [0.1, 0.15) is 15.0 Å². The Kier molecular flexibility index (Phi) is 2.34. The van der Waals surface area contributed by atoms with Gasteiger partial charge in [0.25, 0.3) is 0 Å². The van der Waals surface area contributed by atoms with Crippen LogP contribution in [0.4, 0.5) is 5.82 Å². The molecule has 0 bridgehead atoms. The van der Waals surface area contributed by atoms with Crippen molar-refractivity contribution in [2.75, 3.05) is 5.73 Å². The van der Waals surface area contributed by atoms with Gasteiger partial charge in [0.05, 0.1) is 0 Å². The van der Waals surface area contributed by atoms with Crippen molar-refractivity contribution < 1.29 is 0 Å². The van der Waals surface area contributed by atoms with Gasteiger partial charge in [-0.1, -0.05) is 13.8 Å². The number of nitrogens with two attached hydrogens (primary N) is 1. The molecule has 0 atom stereocenters. The van der Waals surface area contributed by atoms with Crippen molar-refractivity contribution in [1.29, 1.82) is 0 Å². The number of rotatable bonds is 1. The summed E-state index contributed by atoms with van der Waals surface area (Å²) < 4.78 is 2.92. The van der Waals surface area contributed by atoms with Gasteiger partial charge in [-0.3, -0.25) is 4.40 Å². The summed E-state index contributed by atoms with van der Waals surface area (Å²) in [6.07, 6.45) is 3.60. The first-order valence-electron chi connectivity index (χ1n) is 4.39. The average molecular weight is 302 g/mol. The summed E-state index contributed by atoms with van der Waals surface area (Å²) in [5, 5.41) is 0. The van der Waals surface area contributed by atoms with E-state index in [4.69, 9.17) is 5.73 Å². The number of aromatic nitrogens is 3. The van der Waals surface area contributed by atoms with E-state index < -0.39 is 0 Å². The maximum atomic E-state index is 5.79. The van der Waals surface area contributed by atoms with Gasteiger partial charge < -0.3 is 5.73 Å². The van der Waals surface area contributed by atoms with Crippen molar-refractivity contribution in [3.05, 3.63) is 21.9 Å². The van der Waals surface area contributed by atoms with Crippen molar-refractivity contribution >= 4 is 33.9 Å². The Hall–Kier alpha value is -0.850. The Bertz CT molecular complexity index is 475. The zero-order valence-corrected chi connectivity index (χ0v) is 10.2. The lowest BCUT2D eigenvalue weighted by Crippen LogP contribution is -1.99. The van der Waals surface area contributed by atoms with E-state index >= 15 is 0 Å². The van der Waals surface area contributed by atoms with Crippen molar-refractivity contribution in [3.8, 4) is 0 Å². The SMILES string of the molecule is CC(C)c1nc(I)c2c(N)nccn12. The van der Waals surface area contributed by atoms with Crippen LogP contribution >= 0.6 is 22.6 Å². The minimum atomic E-state index is 0.382. The van der Waals surface area contributed by atoms with Crippen molar-refractivity contribution in [2.45, 2.75) is 19.8 Å². The van der Waals surface area contributed by atoms with Gasteiger partial charge in [0.15, 0.2) is 5.82 Å². The summed E-state index contributed by atoms with van der Waals surface area (Å²) in [5.41, 5.74) is 6.71. The summed E-state index contributed by atoms with van der Waals surface area (Å²) in [6.45, 7) is 4.23. The van der Waals surface area contributed by atoms with Gasteiger partial charge in [0, 0.05) is 18.3 Å². The third kappa shape index (κ3) is 1.35. The Morgan fingerprint density at radius 3 is 2.86 bits per heavy atom. The summed E-state index contributed by atoms with van der Waals surface area (Å²) in [5.74, 6) is 1.95. The molecule has 0 aliphatic carbocycles. The molecule has 2 aromatic rings. The second-order valence-corrected chi connectivity index (χ2v) is 4.47. The third-order valence-electron chi connectivity index (χ3n) is 2.08. The lowest BCUT2D eigenvalue weighted by molar-refractivity contribution is 0.768. The van der Waals surface area contributed by atoms with E-state index in [2.05, 4.69) is 46.4 Å². The molecule has 2 aromatic heterocycles. The Morgan fingerprint density at radius 2 is 2.21 bits per heavy atom. The molecule has 0 spiro atoms. The number of imidazole rings is 1.